The Hall–Kier alpha value is -3.32. The highest BCUT2D eigenvalue weighted by Gasteiger charge is 2.02. The zero-order valence-corrected chi connectivity index (χ0v) is 13.2. The molecule has 0 aliphatic heterocycles. The number of methoxy groups -OCH3 is 1. The maximum atomic E-state index is 5.26. The number of fused-ring (bicyclic) bond motifs is 2. The molecule has 24 heavy (non-hydrogen) atoms. The minimum absolute atomic E-state index is 0.598. The molecule has 0 radical (unpaired) electrons. The van der Waals surface area contributed by atoms with E-state index in [9.17, 15) is 0 Å². The quantitative estimate of drug-likeness (QED) is 0.530. The molecule has 116 valence electrons. The van der Waals surface area contributed by atoms with Crippen LogP contribution in [0.1, 0.15) is 5.69 Å². The van der Waals surface area contributed by atoms with Crippen molar-refractivity contribution >= 4 is 21.7 Å². The highest BCUT2D eigenvalue weighted by atomic mass is 16.5. The Labute approximate surface area is 139 Å². The predicted molar refractivity (Wildman–Crippen MR) is 94.9 cm³/mol. The molecule has 0 amide bonds. The van der Waals surface area contributed by atoms with Crippen LogP contribution in [0, 0.1) is 11.8 Å². The number of nitrogens with zero attached hydrogens (tertiary/aromatic N) is 3. The maximum absolute atomic E-state index is 5.26. The minimum atomic E-state index is 0.598. The minimum Gasteiger partial charge on any atom is -0.497 e. The first-order valence-corrected chi connectivity index (χ1v) is 7.67. The van der Waals surface area contributed by atoms with Gasteiger partial charge in [0, 0.05) is 27.9 Å². The van der Waals surface area contributed by atoms with E-state index in [1.165, 1.54) is 0 Å². The van der Waals surface area contributed by atoms with Crippen molar-refractivity contribution in [2.75, 3.05) is 7.11 Å². The van der Waals surface area contributed by atoms with Crippen LogP contribution in [0.4, 0.5) is 0 Å². The summed E-state index contributed by atoms with van der Waals surface area (Å²) in [4.78, 5) is 0. The van der Waals surface area contributed by atoms with Crippen LogP contribution in [-0.2, 0) is 6.54 Å². The molecule has 4 heteroatoms. The second kappa shape index (κ2) is 6.05. The van der Waals surface area contributed by atoms with E-state index in [0.717, 1.165) is 27.4 Å². The lowest BCUT2D eigenvalue weighted by Crippen LogP contribution is -1.94. The summed E-state index contributed by atoms with van der Waals surface area (Å²) >= 11 is 0. The highest BCUT2D eigenvalue weighted by Crippen LogP contribution is 2.21. The standard InChI is InChI=1S/C20H15N3O/c1-24-17-8-9-20-15(13-17)10-12-23(20)11-4-7-19-18-6-3-2-5-16(18)14-21-22-19/h2-3,5-6,8-10,12-14H,11H2,1H3. The van der Waals surface area contributed by atoms with E-state index in [2.05, 4.69) is 32.7 Å². The fourth-order valence-corrected chi connectivity index (χ4v) is 2.77. The Bertz CT molecular complexity index is 1080. The van der Waals surface area contributed by atoms with Crippen LogP contribution in [0.5, 0.6) is 5.75 Å². The van der Waals surface area contributed by atoms with E-state index in [1.54, 1.807) is 13.3 Å². The number of hydrogen-bond donors (Lipinski definition) is 0. The first-order chi connectivity index (χ1) is 11.8. The number of benzene rings is 2. The smallest absolute Gasteiger partial charge is 0.143 e. The molecular weight excluding hydrogens is 298 g/mol. The Morgan fingerprint density at radius 1 is 1.08 bits per heavy atom. The zero-order valence-electron chi connectivity index (χ0n) is 13.2. The molecule has 0 spiro atoms. The molecule has 4 rings (SSSR count). The van der Waals surface area contributed by atoms with Crippen molar-refractivity contribution in [3.63, 3.8) is 0 Å². The molecule has 4 aromatic rings. The average molecular weight is 313 g/mol. The predicted octanol–water partition coefficient (Wildman–Crippen LogP) is 3.64. The summed E-state index contributed by atoms with van der Waals surface area (Å²) in [5.41, 5.74) is 1.85. The molecule has 0 bridgehead atoms. The topological polar surface area (TPSA) is 39.9 Å². The van der Waals surface area contributed by atoms with Gasteiger partial charge in [-0.05, 0) is 30.2 Å². The van der Waals surface area contributed by atoms with Crippen LogP contribution in [-0.4, -0.2) is 21.9 Å². The van der Waals surface area contributed by atoms with Crippen LogP contribution >= 0.6 is 0 Å². The molecule has 0 atom stereocenters. The van der Waals surface area contributed by atoms with Gasteiger partial charge >= 0.3 is 0 Å². The summed E-state index contributed by atoms with van der Waals surface area (Å²) in [6.07, 6.45) is 3.79. The molecule has 0 unspecified atom stereocenters. The van der Waals surface area contributed by atoms with Gasteiger partial charge in [0.15, 0.2) is 0 Å². The summed E-state index contributed by atoms with van der Waals surface area (Å²) in [6, 6.07) is 16.1. The van der Waals surface area contributed by atoms with Crippen molar-refractivity contribution in [3.8, 4) is 17.6 Å². The van der Waals surface area contributed by atoms with Gasteiger partial charge in [-0.3, -0.25) is 0 Å². The number of ether oxygens (including phenoxy) is 1. The SMILES string of the molecule is COc1ccc2c(ccn2CC#Cc2nncc3ccccc23)c1. The van der Waals surface area contributed by atoms with E-state index in [1.807, 2.05) is 48.7 Å². The Kier molecular flexibility index (Phi) is 3.60. The van der Waals surface area contributed by atoms with Gasteiger partial charge < -0.3 is 9.30 Å². The first kappa shape index (κ1) is 14.3. The van der Waals surface area contributed by atoms with Gasteiger partial charge in [0.25, 0.3) is 0 Å². The molecule has 0 aliphatic rings. The van der Waals surface area contributed by atoms with Gasteiger partial charge in [-0.25, -0.2) is 0 Å². The Balaban J connectivity index is 1.65. The third kappa shape index (κ3) is 2.57. The van der Waals surface area contributed by atoms with Crippen molar-refractivity contribution in [1.29, 1.82) is 0 Å². The van der Waals surface area contributed by atoms with Gasteiger partial charge in [0.1, 0.15) is 11.4 Å². The molecule has 4 nitrogen and oxygen atoms in total. The molecule has 0 fully saturated rings. The fourth-order valence-electron chi connectivity index (χ4n) is 2.77. The summed E-state index contributed by atoms with van der Waals surface area (Å²) in [5.74, 6) is 7.20. The lowest BCUT2D eigenvalue weighted by molar-refractivity contribution is 0.415. The molecule has 2 heterocycles. The maximum Gasteiger partial charge on any atom is 0.143 e. The van der Waals surface area contributed by atoms with E-state index in [-0.39, 0.29) is 0 Å². The molecule has 0 aliphatic carbocycles. The lowest BCUT2D eigenvalue weighted by Gasteiger charge is -2.02. The normalized spacial score (nSPS) is 10.5. The number of aromatic nitrogens is 3. The summed E-state index contributed by atoms with van der Waals surface area (Å²) in [6.45, 7) is 0.598. The fraction of sp³-hybridized carbons (Fsp3) is 0.100. The van der Waals surface area contributed by atoms with Crippen LogP contribution in [0.3, 0.4) is 0 Å². The summed E-state index contributed by atoms with van der Waals surface area (Å²) in [5, 5.41) is 11.4. The van der Waals surface area contributed by atoms with Crippen molar-refractivity contribution in [1.82, 2.24) is 14.8 Å². The lowest BCUT2D eigenvalue weighted by atomic mass is 10.1. The zero-order chi connectivity index (χ0) is 16.4. The summed E-state index contributed by atoms with van der Waals surface area (Å²) in [7, 11) is 1.68. The van der Waals surface area contributed by atoms with Gasteiger partial charge in [-0.15, -0.1) is 5.10 Å². The largest absolute Gasteiger partial charge is 0.497 e. The monoisotopic (exact) mass is 313 g/mol. The van der Waals surface area contributed by atoms with Gasteiger partial charge in [0.05, 0.1) is 19.9 Å². The second-order valence-corrected chi connectivity index (χ2v) is 5.45. The van der Waals surface area contributed by atoms with Gasteiger partial charge in [-0.1, -0.05) is 30.2 Å². The van der Waals surface area contributed by atoms with Crippen LogP contribution in [0.15, 0.2) is 60.9 Å². The number of hydrogen-bond acceptors (Lipinski definition) is 3. The van der Waals surface area contributed by atoms with Gasteiger partial charge in [-0.2, -0.15) is 5.10 Å². The Morgan fingerprint density at radius 2 is 2.00 bits per heavy atom. The summed E-state index contributed by atoms with van der Waals surface area (Å²) < 4.78 is 7.37. The molecule has 0 saturated heterocycles. The van der Waals surface area contributed by atoms with E-state index in [4.69, 9.17) is 4.74 Å². The van der Waals surface area contributed by atoms with Crippen LogP contribution in [0.2, 0.25) is 0 Å². The second-order valence-electron chi connectivity index (χ2n) is 5.45. The van der Waals surface area contributed by atoms with Crippen LogP contribution < -0.4 is 4.74 Å². The molecule has 2 aromatic carbocycles. The molecule has 2 aromatic heterocycles. The van der Waals surface area contributed by atoms with Gasteiger partial charge in [0.2, 0.25) is 0 Å². The third-order valence-electron chi connectivity index (χ3n) is 4.00. The van der Waals surface area contributed by atoms with Crippen LogP contribution in [0.25, 0.3) is 21.7 Å². The van der Waals surface area contributed by atoms with E-state index < -0.39 is 0 Å². The van der Waals surface area contributed by atoms with Crippen molar-refractivity contribution in [2.24, 2.45) is 0 Å². The van der Waals surface area contributed by atoms with Crippen molar-refractivity contribution < 1.29 is 4.74 Å². The molecule has 0 N–H and O–H groups in total. The molecular formula is C20H15N3O. The highest BCUT2D eigenvalue weighted by molar-refractivity contribution is 5.85. The number of rotatable bonds is 2. The van der Waals surface area contributed by atoms with Crippen molar-refractivity contribution in [3.05, 3.63) is 66.6 Å². The molecule has 0 saturated carbocycles. The third-order valence-corrected chi connectivity index (χ3v) is 4.00. The van der Waals surface area contributed by atoms with E-state index >= 15 is 0 Å². The average Bonchev–Trinajstić information content (AvgIpc) is 3.04. The van der Waals surface area contributed by atoms with Crippen molar-refractivity contribution in [2.45, 2.75) is 6.54 Å². The van der Waals surface area contributed by atoms with E-state index in [0.29, 0.717) is 12.2 Å². The first-order valence-electron chi connectivity index (χ1n) is 7.67. The Morgan fingerprint density at radius 3 is 2.92 bits per heavy atom.